The average Bonchev–Trinajstić information content (AvgIpc) is 1.76. The molecular formula is C3H10IrNOP. The predicted octanol–water partition coefficient (Wildman–Crippen LogP) is -0.381. The average molecular weight is 299 g/mol. The summed E-state index contributed by atoms with van der Waals surface area (Å²) < 4.78 is 4.83. The summed E-state index contributed by atoms with van der Waals surface area (Å²) >= 11 is 0. The third-order valence-electron chi connectivity index (χ3n) is 0.627. The largest absolute Gasteiger partial charge is 0.365 e. The molecule has 0 aromatic carbocycles. The van der Waals surface area contributed by atoms with E-state index in [1.165, 1.54) is 0 Å². The molecule has 0 spiro atoms. The van der Waals surface area contributed by atoms with E-state index in [0.29, 0.717) is 0 Å². The van der Waals surface area contributed by atoms with Gasteiger partial charge >= 0.3 is 0 Å². The van der Waals surface area contributed by atoms with E-state index in [4.69, 9.17) is 4.74 Å². The van der Waals surface area contributed by atoms with Crippen molar-refractivity contribution in [3.63, 3.8) is 0 Å². The van der Waals surface area contributed by atoms with E-state index in [9.17, 15) is 0 Å². The van der Waals surface area contributed by atoms with Crippen LogP contribution in [-0.4, -0.2) is 19.9 Å². The van der Waals surface area contributed by atoms with Gasteiger partial charge in [-0.05, 0) is 0 Å². The van der Waals surface area contributed by atoms with Gasteiger partial charge in [-0.2, -0.15) is 9.90 Å². The third-order valence-corrected chi connectivity index (χ3v) is 0.627. The maximum Gasteiger partial charge on any atom is 0.0966 e. The van der Waals surface area contributed by atoms with Crippen LogP contribution < -0.4 is 5.32 Å². The van der Waals surface area contributed by atoms with Crippen molar-refractivity contribution in [1.29, 1.82) is 0 Å². The van der Waals surface area contributed by atoms with Crippen molar-refractivity contribution in [1.82, 2.24) is 5.32 Å². The molecule has 1 unspecified atom stereocenters. The minimum atomic E-state index is 0. The summed E-state index contributed by atoms with van der Waals surface area (Å²) in [7, 11) is 0. The number of rotatable bonds is 0. The first kappa shape index (κ1) is 10.9. The van der Waals surface area contributed by atoms with Crippen LogP contribution in [0.3, 0.4) is 0 Å². The fourth-order valence-electron chi connectivity index (χ4n) is 0.361. The summed E-state index contributed by atoms with van der Waals surface area (Å²) in [5, 5.41) is 3.00. The van der Waals surface area contributed by atoms with Crippen molar-refractivity contribution in [2.45, 2.75) is 0 Å². The molecule has 47 valence electrons. The molecule has 0 bridgehead atoms. The van der Waals surface area contributed by atoms with Crippen molar-refractivity contribution >= 4 is 9.90 Å². The molecule has 1 heterocycles. The summed E-state index contributed by atoms with van der Waals surface area (Å²) in [5.41, 5.74) is 0. The first-order chi connectivity index (χ1) is 2.50. The van der Waals surface area contributed by atoms with E-state index in [0.717, 1.165) is 19.9 Å². The van der Waals surface area contributed by atoms with Gasteiger partial charge in [0.25, 0.3) is 0 Å². The van der Waals surface area contributed by atoms with Gasteiger partial charge in [0.2, 0.25) is 0 Å². The second-order valence-corrected chi connectivity index (χ2v) is 1.05. The van der Waals surface area contributed by atoms with E-state index in [1.54, 1.807) is 0 Å². The van der Waals surface area contributed by atoms with Crippen molar-refractivity contribution in [3.05, 3.63) is 0 Å². The number of nitrogens with one attached hydrogen (secondary N) is 1. The standard InChI is InChI=1S/C3H7NO.Ir.H3P/c1-2-5-3-4-1;;/h4H,1-3H2;;1H3. The molecule has 1 saturated heterocycles. The zero-order chi connectivity index (χ0) is 3.54. The van der Waals surface area contributed by atoms with Gasteiger partial charge < -0.3 is 4.74 Å². The van der Waals surface area contributed by atoms with Gasteiger partial charge in [0.1, 0.15) is 0 Å². The Hall–Kier alpha value is 0.999. The molecule has 1 fully saturated rings. The van der Waals surface area contributed by atoms with E-state index >= 15 is 0 Å². The fraction of sp³-hybridized carbons (Fsp3) is 1.00. The smallest absolute Gasteiger partial charge is 0.0966 e. The normalized spacial score (nSPS) is 17.1. The van der Waals surface area contributed by atoms with Gasteiger partial charge in [-0.25, -0.2) is 0 Å². The summed E-state index contributed by atoms with van der Waals surface area (Å²) in [5.74, 6) is 0. The molecule has 7 heavy (non-hydrogen) atoms. The SMILES string of the molecule is C1COCN1.P.[Ir]. The molecule has 1 aliphatic heterocycles. The van der Waals surface area contributed by atoms with Gasteiger partial charge in [-0.15, -0.1) is 0 Å². The van der Waals surface area contributed by atoms with Crippen LogP contribution in [0.25, 0.3) is 0 Å². The van der Waals surface area contributed by atoms with Crippen molar-refractivity contribution in [2.75, 3.05) is 19.9 Å². The summed E-state index contributed by atoms with van der Waals surface area (Å²) in [4.78, 5) is 0. The number of ether oxygens (including phenoxy) is 1. The first-order valence-corrected chi connectivity index (χ1v) is 1.78. The van der Waals surface area contributed by atoms with Crippen LogP contribution in [-0.2, 0) is 24.8 Å². The molecule has 4 heteroatoms. The minimum absolute atomic E-state index is 0. The maximum absolute atomic E-state index is 4.83. The van der Waals surface area contributed by atoms with Crippen molar-refractivity contribution in [3.8, 4) is 0 Å². The van der Waals surface area contributed by atoms with Crippen LogP contribution in [0.2, 0.25) is 0 Å². The topological polar surface area (TPSA) is 21.3 Å². The second kappa shape index (κ2) is 7.00. The Kier molecular flexibility index (Phi) is 10.9. The van der Waals surface area contributed by atoms with E-state index in [-0.39, 0.29) is 30.0 Å². The van der Waals surface area contributed by atoms with E-state index < -0.39 is 0 Å². The third kappa shape index (κ3) is 4.86. The zero-order valence-electron chi connectivity index (χ0n) is 4.07. The van der Waals surface area contributed by atoms with Crippen LogP contribution >= 0.6 is 9.90 Å². The van der Waals surface area contributed by atoms with Gasteiger partial charge in [-0.3, -0.25) is 5.32 Å². The zero-order valence-corrected chi connectivity index (χ0v) is 7.88. The van der Waals surface area contributed by atoms with Crippen molar-refractivity contribution < 1.29 is 24.8 Å². The van der Waals surface area contributed by atoms with Crippen molar-refractivity contribution in [2.24, 2.45) is 0 Å². The predicted molar refractivity (Wildman–Crippen MR) is 29.9 cm³/mol. The molecule has 0 aromatic rings. The molecule has 0 aromatic heterocycles. The molecule has 0 saturated carbocycles. The Balaban J connectivity index is 0. The van der Waals surface area contributed by atoms with Crippen LogP contribution in [0.4, 0.5) is 0 Å². The number of hydrogen-bond acceptors (Lipinski definition) is 2. The fourth-order valence-corrected chi connectivity index (χ4v) is 0.361. The summed E-state index contributed by atoms with van der Waals surface area (Å²) in [6.45, 7) is 2.67. The van der Waals surface area contributed by atoms with Gasteiger partial charge in [0.05, 0.1) is 13.3 Å². The second-order valence-electron chi connectivity index (χ2n) is 1.05. The Bertz CT molecular complexity index is 26.5. The monoisotopic (exact) mass is 300 g/mol. The Morgan fingerprint density at radius 2 is 2.14 bits per heavy atom. The molecule has 1 N–H and O–H groups in total. The quantitative estimate of drug-likeness (QED) is 0.616. The van der Waals surface area contributed by atoms with Gasteiger partial charge in [0.15, 0.2) is 0 Å². The summed E-state index contributed by atoms with van der Waals surface area (Å²) in [6, 6.07) is 0. The number of hydrogen-bond donors (Lipinski definition) is 1. The molecule has 1 atom stereocenters. The minimum Gasteiger partial charge on any atom is -0.365 e. The Labute approximate surface area is 60.4 Å². The van der Waals surface area contributed by atoms with Crippen LogP contribution in [0.5, 0.6) is 0 Å². The molecule has 0 aliphatic carbocycles. The first-order valence-electron chi connectivity index (χ1n) is 1.78. The molecule has 1 radical (unpaired) electrons. The molecular weight excluding hydrogens is 289 g/mol. The molecule has 1 rings (SSSR count). The van der Waals surface area contributed by atoms with Crippen LogP contribution in [0.1, 0.15) is 0 Å². The Morgan fingerprint density at radius 1 is 1.43 bits per heavy atom. The van der Waals surface area contributed by atoms with Gasteiger partial charge in [0, 0.05) is 26.7 Å². The Morgan fingerprint density at radius 3 is 2.29 bits per heavy atom. The van der Waals surface area contributed by atoms with E-state index in [2.05, 4.69) is 5.32 Å². The molecule has 1 aliphatic rings. The van der Waals surface area contributed by atoms with Crippen LogP contribution in [0.15, 0.2) is 0 Å². The molecule has 2 nitrogen and oxygen atoms in total. The molecule has 0 amide bonds. The van der Waals surface area contributed by atoms with E-state index in [1.807, 2.05) is 0 Å². The maximum atomic E-state index is 4.83. The summed E-state index contributed by atoms with van der Waals surface area (Å²) in [6.07, 6.45) is 0. The van der Waals surface area contributed by atoms with Crippen LogP contribution in [0, 0.1) is 0 Å². The van der Waals surface area contributed by atoms with Gasteiger partial charge in [-0.1, -0.05) is 0 Å².